The molecule has 2 fully saturated rings. The van der Waals surface area contributed by atoms with Gasteiger partial charge in [0.25, 0.3) is 0 Å². The van der Waals surface area contributed by atoms with Crippen molar-refractivity contribution in [2.75, 3.05) is 13.2 Å². The summed E-state index contributed by atoms with van der Waals surface area (Å²) >= 11 is 1.71. The standard InChI is InChI=1S/C10H13NO2S/c1-2-8(9-11-4-7-14-9)10(3-1)12-5-6-13-10/h4,7-8H,1-3,5-6H2. The lowest BCUT2D eigenvalue weighted by atomic mass is 10.0. The van der Waals surface area contributed by atoms with Crippen LogP contribution in [0.1, 0.15) is 30.2 Å². The van der Waals surface area contributed by atoms with E-state index in [-0.39, 0.29) is 5.79 Å². The molecule has 0 radical (unpaired) electrons. The van der Waals surface area contributed by atoms with E-state index in [0.717, 1.165) is 26.1 Å². The summed E-state index contributed by atoms with van der Waals surface area (Å²) in [6, 6.07) is 0. The van der Waals surface area contributed by atoms with E-state index in [1.165, 1.54) is 11.4 Å². The molecule has 1 spiro atoms. The van der Waals surface area contributed by atoms with Crippen LogP contribution < -0.4 is 0 Å². The Hall–Kier alpha value is -0.450. The highest BCUT2D eigenvalue weighted by molar-refractivity contribution is 7.09. The number of hydrogen-bond donors (Lipinski definition) is 0. The zero-order chi connectivity index (χ0) is 9.43. The van der Waals surface area contributed by atoms with Crippen molar-refractivity contribution in [3.05, 3.63) is 16.6 Å². The van der Waals surface area contributed by atoms with Gasteiger partial charge in [-0.1, -0.05) is 0 Å². The van der Waals surface area contributed by atoms with Gasteiger partial charge in [-0.25, -0.2) is 4.98 Å². The Morgan fingerprint density at radius 3 is 3.00 bits per heavy atom. The van der Waals surface area contributed by atoms with Crippen molar-refractivity contribution >= 4 is 11.3 Å². The number of hydrogen-bond acceptors (Lipinski definition) is 4. The van der Waals surface area contributed by atoms with Crippen LogP contribution >= 0.6 is 11.3 Å². The fourth-order valence-corrected chi connectivity index (χ4v) is 3.33. The van der Waals surface area contributed by atoms with Gasteiger partial charge in [0.05, 0.1) is 19.1 Å². The second-order valence-corrected chi connectivity index (χ2v) is 4.75. The normalized spacial score (nSPS) is 30.1. The summed E-state index contributed by atoms with van der Waals surface area (Å²) in [4.78, 5) is 4.38. The Bertz CT molecular complexity index is 300. The van der Waals surface area contributed by atoms with Crippen LogP contribution in [-0.2, 0) is 9.47 Å². The van der Waals surface area contributed by atoms with Crippen molar-refractivity contribution in [1.82, 2.24) is 4.98 Å². The van der Waals surface area contributed by atoms with Crippen molar-refractivity contribution in [2.24, 2.45) is 0 Å². The Morgan fingerprint density at radius 2 is 2.29 bits per heavy atom. The predicted octanol–water partition coefficient (Wildman–Crippen LogP) is 2.15. The zero-order valence-electron chi connectivity index (χ0n) is 7.94. The van der Waals surface area contributed by atoms with Crippen LogP contribution in [0.2, 0.25) is 0 Å². The largest absolute Gasteiger partial charge is 0.347 e. The van der Waals surface area contributed by atoms with Crippen LogP contribution in [-0.4, -0.2) is 24.0 Å². The van der Waals surface area contributed by atoms with E-state index in [1.807, 2.05) is 11.6 Å². The minimum absolute atomic E-state index is 0.322. The van der Waals surface area contributed by atoms with Crippen molar-refractivity contribution < 1.29 is 9.47 Å². The number of ether oxygens (including phenoxy) is 2. The van der Waals surface area contributed by atoms with Gasteiger partial charge >= 0.3 is 0 Å². The molecular formula is C10H13NO2S. The monoisotopic (exact) mass is 211 g/mol. The third-order valence-electron chi connectivity index (χ3n) is 3.07. The third-order valence-corrected chi connectivity index (χ3v) is 3.96. The molecule has 0 N–H and O–H groups in total. The molecule has 1 atom stereocenters. The maximum Gasteiger partial charge on any atom is 0.177 e. The predicted molar refractivity (Wildman–Crippen MR) is 53.3 cm³/mol. The fraction of sp³-hybridized carbons (Fsp3) is 0.700. The number of thiazole rings is 1. The van der Waals surface area contributed by atoms with Crippen molar-refractivity contribution in [3.63, 3.8) is 0 Å². The maximum absolute atomic E-state index is 5.78. The first kappa shape index (κ1) is 8.83. The van der Waals surface area contributed by atoms with Gasteiger partial charge in [-0.05, 0) is 12.8 Å². The Kier molecular flexibility index (Phi) is 2.08. The molecule has 2 heterocycles. The topological polar surface area (TPSA) is 31.4 Å². The first-order valence-electron chi connectivity index (χ1n) is 5.08. The molecule has 14 heavy (non-hydrogen) atoms. The van der Waals surface area contributed by atoms with Crippen LogP contribution in [0.15, 0.2) is 11.6 Å². The quantitative estimate of drug-likeness (QED) is 0.713. The van der Waals surface area contributed by atoms with Gasteiger partial charge < -0.3 is 9.47 Å². The first-order chi connectivity index (χ1) is 6.91. The number of rotatable bonds is 1. The molecule has 1 saturated carbocycles. The Balaban J connectivity index is 1.91. The Morgan fingerprint density at radius 1 is 1.43 bits per heavy atom. The summed E-state index contributed by atoms with van der Waals surface area (Å²) in [5.74, 6) is 0.0442. The first-order valence-corrected chi connectivity index (χ1v) is 5.96. The summed E-state index contributed by atoms with van der Waals surface area (Å²) in [7, 11) is 0. The van der Waals surface area contributed by atoms with E-state index in [1.54, 1.807) is 11.3 Å². The summed E-state index contributed by atoms with van der Waals surface area (Å²) in [5, 5.41) is 3.19. The van der Waals surface area contributed by atoms with E-state index in [9.17, 15) is 0 Å². The molecule has 1 saturated heterocycles. The van der Waals surface area contributed by atoms with Gasteiger partial charge in [-0.15, -0.1) is 11.3 Å². The Labute approximate surface area is 87.1 Å². The molecule has 0 aromatic carbocycles. The molecule has 1 unspecified atom stereocenters. The second-order valence-electron chi connectivity index (χ2n) is 3.82. The van der Waals surface area contributed by atoms with E-state index >= 15 is 0 Å². The minimum atomic E-state index is -0.322. The lowest BCUT2D eigenvalue weighted by Gasteiger charge is -2.27. The molecule has 1 aliphatic heterocycles. The fourth-order valence-electron chi connectivity index (χ4n) is 2.48. The van der Waals surface area contributed by atoms with Gasteiger partial charge in [0, 0.05) is 18.0 Å². The molecule has 1 aromatic heterocycles. The lowest BCUT2D eigenvalue weighted by Crippen LogP contribution is -2.32. The molecule has 1 aromatic rings. The van der Waals surface area contributed by atoms with Gasteiger partial charge in [-0.2, -0.15) is 0 Å². The van der Waals surface area contributed by atoms with E-state index in [4.69, 9.17) is 9.47 Å². The SMILES string of the molecule is c1csc(C2CCCC23OCCO3)n1. The maximum atomic E-state index is 5.78. The summed E-state index contributed by atoms with van der Waals surface area (Å²) in [6.45, 7) is 1.48. The molecule has 1 aliphatic carbocycles. The van der Waals surface area contributed by atoms with Crippen LogP contribution in [0, 0.1) is 0 Å². The summed E-state index contributed by atoms with van der Waals surface area (Å²) in [6.07, 6.45) is 5.22. The van der Waals surface area contributed by atoms with Crippen LogP contribution in [0.3, 0.4) is 0 Å². The molecule has 2 aliphatic rings. The highest BCUT2D eigenvalue weighted by atomic mass is 32.1. The molecule has 4 heteroatoms. The second kappa shape index (κ2) is 3.29. The molecule has 0 bridgehead atoms. The lowest BCUT2D eigenvalue weighted by molar-refractivity contribution is -0.162. The highest BCUT2D eigenvalue weighted by Gasteiger charge is 2.49. The van der Waals surface area contributed by atoms with Gasteiger partial charge in [0.15, 0.2) is 5.79 Å². The molecule has 0 amide bonds. The summed E-state index contributed by atoms with van der Waals surface area (Å²) in [5.41, 5.74) is 0. The molecule has 76 valence electrons. The smallest absolute Gasteiger partial charge is 0.177 e. The molecular weight excluding hydrogens is 198 g/mol. The average Bonchev–Trinajstić information content (AvgIpc) is 2.91. The van der Waals surface area contributed by atoms with E-state index < -0.39 is 0 Å². The highest BCUT2D eigenvalue weighted by Crippen LogP contribution is 2.48. The average molecular weight is 211 g/mol. The minimum Gasteiger partial charge on any atom is -0.347 e. The van der Waals surface area contributed by atoms with Crippen LogP contribution in [0.5, 0.6) is 0 Å². The number of nitrogens with zero attached hydrogens (tertiary/aromatic N) is 1. The third kappa shape index (κ3) is 1.21. The molecule has 3 rings (SSSR count). The number of aromatic nitrogens is 1. The summed E-state index contributed by atoms with van der Waals surface area (Å²) < 4.78 is 11.6. The van der Waals surface area contributed by atoms with Crippen molar-refractivity contribution in [2.45, 2.75) is 31.0 Å². The molecule has 3 nitrogen and oxygen atoms in total. The van der Waals surface area contributed by atoms with Gasteiger partial charge in [0.2, 0.25) is 0 Å². The van der Waals surface area contributed by atoms with Crippen molar-refractivity contribution in [3.8, 4) is 0 Å². The van der Waals surface area contributed by atoms with Crippen LogP contribution in [0.4, 0.5) is 0 Å². The van der Waals surface area contributed by atoms with Gasteiger partial charge in [0.1, 0.15) is 5.01 Å². The van der Waals surface area contributed by atoms with Crippen molar-refractivity contribution in [1.29, 1.82) is 0 Å². The zero-order valence-corrected chi connectivity index (χ0v) is 8.76. The van der Waals surface area contributed by atoms with E-state index in [2.05, 4.69) is 4.98 Å². The van der Waals surface area contributed by atoms with Gasteiger partial charge in [-0.3, -0.25) is 0 Å². The van der Waals surface area contributed by atoms with Crippen LogP contribution in [0.25, 0.3) is 0 Å². The van der Waals surface area contributed by atoms with E-state index in [0.29, 0.717) is 5.92 Å².